The topological polar surface area (TPSA) is 34.3 Å². The Balaban J connectivity index is 1.53. The van der Waals surface area contributed by atoms with E-state index in [0.29, 0.717) is 12.2 Å². The van der Waals surface area contributed by atoms with Gasteiger partial charge in [0.1, 0.15) is 0 Å². The molecule has 0 unspecified atom stereocenters. The molecule has 4 aliphatic rings. The minimum Gasteiger partial charge on any atom is -0.366 e. The van der Waals surface area contributed by atoms with Crippen molar-refractivity contribution in [2.24, 2.45) is 0 Å². The van der Waals surface area contributed by atoms with Crippen molar-refractivity contribution in [3.8, 4) is 0 Å². The lowest BCUT2D eigenvalue weighted by atomic mass is 9.89. The summed E-state index contributed by atoms with van der Waals surface area (Å²) < 4.78 is 18.1. The average molecular weight is 318 g/mol. The fraction of sp³-hybridized carbons (Fsp3) is 0.800. The summed E-state index contributed by atoms with van der Waals surface area (Å²) in [5.41, 5.74) is 4.52. The number of hydrogen-bond acceptors (Lipinski definition) is 3. The van der Waals surface area contributed by atoms with Gasteiger partial charge in [-0.1, -0.05) is 11.6 Å². The van der Waals surface area contributed by atoms with Gasteiger partial charge in [-0.25, -0.2) is 0 Å². The molecule has 3 nitrogen and oxygen atoms in total. The molecule has 0 aromatic heterocycles. The second-order valence-electron chi connectivity index (χ2n) is 8.47. The van der Waals surface area contributed by atoms with Crippen LogP contribution < -0.4 is 0 Å². The normalized spacial score (nSPS) is 49.4. The van der Waals surface area contributed by atoms with E-state index in [1.807, 2.05) is 0 Å². The highest BCUT2D eigenvalue weighted by Gasteiger charge is 2.56. The van der Waals surface area contributed by atoms with Gasteiger partial charge < -0.3 is 14.2 Å². The molecule has 0 spiro atoms. The first-order chi connectivity index (χ1) is 10.9. The lowest BCUT2D eigenvalue weighted by Crippen LogP contribution is -2.17. The lowest BCUT2D eigenvalue weighted by Gasteiger charge is -2.15. The van der Waals surface area contributed by atoms with Crippen LogP contribution in [-0.4, -0.2) is 36.1 Å². The summed E-state index contributed by atoms with van der Waals surface area (Å²) in [7, 11) is 0. The number of epoxide rings is 2. The van der Waals surface area contributed by atoms with E-state index in [-0.39, 0.29) is 17.3 Å². The van der Waals surface area contributed by atoms with Crippen molar-refractivity contribution in [3.63, 3.8) is 0 Å². The maximum atomic E-state index is 6.06. The van der Waals surface area contributed by atoms with Crippen LogP contribution in [0.3, 0.4) is 0 Å². The minimum absolute atomic E-state index is 0.0735. The monoisotopic (exact) mass is 318 g/mol. The molecule has 3 heteroatoms. The zero-order valence-corrected chi connectivity index (χ0v) is 15.0. The van der Waals surface area contributed by atoms with Gasteiger partial charge in [0.15, 0.2) is 0 Å². The Morgan fingerprint density at radius 2 is 1.65 bits per heavy atom. The minimum atomic E-state index is 0.0735. The standard InChI is InChI=1S/C20H30O3/c1-13-5-6-17-20(4,22-17)10-8-18-19(3,23-18)9-7-15-14(2)12-21-16(15)11-13/h11,16-18H,5-10,12H2,1-4H3/b13-11+/t16-,17-,18+,19-,20+/m1/s1. The van der Waals surface area contributed by atoms with Crippen molar-refractivity contribution in [3.05, 3.63) is 22.8 Å². The van der Waals surface area contributed by atoms with E-state index in [9.17, 15) is 0 Å². The van der Waals surface area contributed by atoms with Gasteiger partial charge in [0.25, 0.3) is 0 Å². The second-order valence-corrected chi connectivity index (χ2v) is 8.47. The maximum Gasteiger partial charge on any atom is 0.0977 e. The first-order valence-electron chi connectivity index (χ1n) is 9.23. The van der Waals surface area contributed by atoms with E-state index >= 15 is 0 Å². The van der Waals surface area contributed by atoms with Crippen LogP contribution in [0.5, 0.6) is 0 Å². The Hall–Kier alpha value is -0.640. The van der Waals surface area contributed by atoms with Gasteiger partial charge in [-0.05, 0) is 77.4 Å². The Bertz CT molecular complexity index is 563. The summed E-state index contributed by atoms with van der Waals surface area (Å²) in [4.78, 5) is 0. The molecule has 3 aliphatic heterocycles. The molecule has 5 atom stereocenters. The average Bonchev–Trinajstić information content (AvgIpc) is 3.31. The van der Waals surface area contributed by atoms with Crippen LogP contribution in [0, 0.1) is 0 Å². The number of fused-ring (bicyclic) bond motifs is 3. The van der Waals surface area contributed by atoms with Crippen LogP contribution in [0.25, 0.3) is 0 Å². The third-order valence-corrected chi connectivity index (χ3v) is 6.47. The molecule has 0 aromatic carbocycles. The number of ether oxygens (including phenoxy) is 3. The SMILES string of the molecule is CC1=C2CC[C@@]3(C)O[C@H]3CC[C@]3(C)O[C@@H]3CC/C(C)=C/[C@H]2OC1. The Morgan fingerprint density at radius 3 is 2.43 bits per heavy atom. The summed E-state index contributed by atoms with van der Waals surface area (Å²) in [6.07, 6.45) is 10.1. The molecule has 0 aromatic rings. The molecule has 3 heterocycles. The molecule has 23 heavy (non-hydrogen) atoms. The third kappa shape index (κ3) is 3.04. The highest BCUT2D eigenvalue weighted by molar-refractivity contribution is 5.28. The molecule has 0 saturated carbocycles. The van der Waals surface area contributed by atoms with Gasteiger partial charge in [0, 0.05) is 0 Å². The molecular weight excluding hydrogens is 288 g/mol. The zero-order valence-electron chi connectivity index (χ0n) is 15.0. The van der Waals surface area contributed by atoms with Gasteiger partial charge in [0.05, 0.1) is 36.1 Å². The van der Waals surface area contributed by atoms with Crippen molar-refractivity contribution in [2.45, 2.75) is 95.7 Å². The van der Waals surface area contributed by atoms with E-state index in [4.69, 9.17) is 14.2 Å². The molecule has 128 valence electrons. The summed E-state index contributed by atoms with van der Waals surface area (Å²) >= 11 is 0. The zero-order chi connectivity index (χ0) is 16.2. The van der Waals surface area contributed by atoms with E-state index in [2.05, 4.69) is 33.8 Å². The van der Waals surface area contributed by atoms with Crippen molar-refractivity contribution in [2.75, 3.05) is 6.61 Å². The molecule has 2 saturated heterocycles. The summed E-state index contributed by atoms with van der Waals surface area (Å²) in [5, 5.41) is 0. The van der Waals surface area contributed by atoms with Crippen LogP contribution in [-0.2, 0) is 14.2 Å². The summed E-state index contributed by atoms with van der Waals surface area (Å²) in [5.74, 6) is 0. The molecule has 1 aliphatic carbocycles. The van der Waals surface area contributed by atoms with Crippen LogP contribution in [0.2, 0.25) is 0 Å². The van der Waals surface area contributed by atoms with Crippen molar-refractivity contribution < 1.29 is 14.2 Å². The first-order valence-corrected chi connectivity index (χ1v) is 9.23. The maximum absolute atomic E-state index is 6.06. The highest BCUT2D eigenvalue weighted by Crippen LogP contribution is 2.49. The molecule has 0 bridgehead atoms. The van der Waals surface area contributed by atoms with Gasteiger partial charge in [-0.15, -0.1) is 0 Å². The molecular formula is C20H30O3. The first kappa shape index (κ1) is 15.9. The van der Waals surface area contributed by atoms with Crippen LogP contribution in [0.15, 0.2) is 22.8 Å². The molecule has 0 N–H and O–H groups in total. The van der Waals surface area contributed by atoms with Gasteiger partial charge in [-0.2, -0.15) is 0 Å². The second kappa shape index (κ2) is 5.44. The number of rotatable bonds is 0. The van der Waals surface area contributed by atoms with Crippen LogP contribution in [0.1, 0.15) is 66.2 Å². The van der Waals surface area contributed by atoms with Gasteiger partial charge >= 0.3 is 0 Å². The van der Waals surface area contributed by atoms with Gasteiger partial charge in [0.2, 0.25) is 0 Å². The Morgan fingerprint density at radius 1 is 0.957 bits per heavy atom. The predicted molar refractivity (Wildman–Crippen MR) is 90.5 cm³/mol. The highest BCUT2D eigenvalue weighted by atomic mass is 16.6. The fourth-order valence-electron chi connectivity index (χ4n) is 4.41. The quantitative estimate of drug-likeness (QED) is 0.493. The summed E-state index contributed by atoms with van der Waals surface area (Å²) in [6.45, 7) is 9.79. The Labute approximate surface area is 140 Å². The molecule has 0 amide bonds. The molecule has 4 rings (SSSR count). The predicted octanol–water partition coefficient (Wildman–Crippen LogP) is 4.32. The molecule has 2 fully saturated rings. The largest absolute Gasteiger partial charge is 0.366 e. The van der Waals surface area contributed by atoms with Crippen LogP contribution >= 0.6 is 0 Å². The van der Waals surface area contributed by atoms with E-state index in [1.165, 1.54) is 16.7 Å². The fourth-order valence-corrected chi connectivity index (χ4v) is 4.41. The number of hydrogen-bond donors (Lipinski definition) is 0. The van der Waals surface area contributed by atoms with E-state index in [1.54, 1.807) is 0 Å². The van der Waals surface area contributed by atoms with Crippen molar-refractivity contribution in [1.29, 1.82) is 0 Å². The van der Waals surface area contributed by atoms with Gasteiger partial charge in [-0.3, -0.25) is 0 Å². The summed E-state index contributed by atoms with van der Waals surface area (Å²) in [6, 6.07) is 0. The molecule has 0 radical (unpaired) electrons. The Kier molecular flexibility index (Phi) is 3.75. The van der Waals surface area contributed by atoms with Crippen molar-refractivity contribution >= 4 is 0 Å². The van der Waals surface area contributed by atoms with Crippen molar-refractivity contribution in [1.82, 2.24) is 0 Å². The van der Waals surface area contributed by atoms with Crippen LogP contribution in [0.4, 0.5) is 0 Å². The number of allylic oxidation sites excluding steroid dienone is 1. The lowest BCUT2D eigenvalue weighted by molar-refractivity contribution is 0.150. The smallest absolute Gasteiger partial charge is 0.0977 e. The third-order valence-electron chi connectivity index (χ3n) is 6.47. The van der Waals surface area contributed by atoms with E-state index in [0.717, 1.165) is 45.1 Å². The van der Waals surface area contributed by atoms with E-state index < -0.39 is 0 Å².